The Hall–Kier alpha value is -1.66. The molecule has 0 aliphatic heterocycles. The first kappa shape index (κ1) is 16.7. The van der Waals surface area contributed by atoms with Crippen LogP contribution in [0.25, 0.3) is 0 Å². The summed E-state index contributed by atoms with van der Waals surface area (Å²) in [4.78, 5) is 12.2. The highest BCUT2D eigenvalue weighted by Crippen LogP contribution is 2.14. The molecular weight excluding hydrogens is 366 g/mol. The molecule has 6 heteroatoms. The van der Waals surface area contributed by atoms with Gasteiger partial charge in [0.25, 0.3) is 0 Å². The molecule has 2 aromatic carbocycles. The van der Waals surface area contributed by atoms with Gasteiger partial charge in [-0.05, 0) is 23.3 Å². The van der Waals surface area contributed by atoms with E-state index in [1.165, 1.54) is 7.05 Å². The zero-order valence-electron chi connectivity index (χ0n) is 12.1. The molecule has 116 valence electrons. The van der Waals surface area contributed by atoms with Crippen LogP contribution in [0.5, 0.6) is 0 Å². The van der Waals surface area contributed by atoms with Gasteiger partial charge < -0.3 is 0 Å². The fourth-order valence-corrected chi connectivity index (χ4v) is 3.37. The lowest BCUT2D eigenvalue weighted by atomic mass is 10.1. The van der Waals surface area contributed by atoms with Crippen molar-refractivity contribution >= 4 is 31.9 Å². The van der Waals surface area contributed by atoms with Crippen molar-refractivity contribution in [3.8, 4) is 0 Å². The quantitative estimate of drug-likeness (QED) is 0.799. The molecule has 0 aliphatic rings. The van der Waals surface area contributed by atoms with Gasteiger partial charge >= 0.3 is 0 Å². The van der Waals surface area contributed by atoms with Gasteiger partial charge in [0, 0.05) is 11.5 Å². The first-order chi connectivity index (χ1) is 10.4. The van der Waals surface area contributed by atoms with Crippen molar-refractivity contribution in [1.82, 2.24) is 4.31 Å². The van der Waals surface area contributed by atoms with Crippen molar-refractivity contribution in [2.24, 2.45) is 0 Å². The van der Waals surface area contributed by atoms with Gasteiger partial charge in [-0.15, -0.1) is 0 Å². The SMILES string of the molecule is CN(C(=O)Cc1ccc(Br)cc1)S(=O)(=O)Cc1ccccc1. The van der Waals surface area contributed by atoms with Crippen molar-refractivity contribution in [3.63, 3.8) is 0 Å². The number of hydrogen-bond acceptors (Lipinski definition) is 3. The van der Waals surface area contributed by atoms with Crippen LogP contribution in [0, 0.1) is 0 Å². The smallest absolute Gasteiger partial charge is 0.241 e. The van der Waals surface area contributed by atoms with Crippen LogP contribution in [0.3, 0.4) is 0 Å². The Morgan fingerprint density at radius 1 is 1.00 bits per heavy atom. The predicted molar refractivity (Wildman–Crippen MR) is 89.7 cm³/mol. The van der Waals surface area contributed by atoms with Crippen molar-refractivity contribution in [1.29, 1.82) is 0 Å². The second kappa shape index (κ2) is 7.07. The summed E-state index contributed by atoms with van der Waals surface area (Å²) in [5, 5.41) is 0. The lowest BCUT2D eigenvalue weighted by Crippen LogP contribution is -2.35. The maximum atomic E-state index is 12.3. The Bertz CT molecular complexity index is 743. The van der Waals surface area contributed by atoms with E-state index < -0.39 is 15.9 Å². The minimum atomic E-state index is -3.67. The highest BCUT2D eigenvalue weighted by molar-refractivity contribution is 9.10. The topological polar surface area (TPSA) is 54.5 Å². The average Bonchev–Trinajstić information content (AvgIpc) is 2.49. The molecule has 2 rings (SSSR count). The molecule has 0 fully saturated rings. The number of carbonyl (C=O) groups excluding carboxylic acids is 1. The van der Waals surface area contributed by atoms with Gasteiger partial charge in [-0.25, -0.2) is 12.7 Å². The number of benzene rings is 2. The summed E-state index contributed by atoms with van der Waals surface area (Å²) >= 11 is 3.32. The van der Waals surface area contributed by atoms with Crippen LogP contribution >= 0.6 is 15.9 Å². The van der Waals surface area contributed by atoms with Gasteiger partial charge in [0.15, 0.2) is 0 Å². The Labute approximate surface area is 138 Å². The molecule has 0 radical (unpaired) electrons. The fourth-order valence-electron chi connectivity index (χ4n) is 1.93. The van der Waals surface area contributed by atoms with Gasteiger partial charge in [-0.3, -0.25) is 4.79 Å². The van der Waals surface area contributed by atoms with E-state index in [-0.39, 0.29) is 12.2 Å². The van der Waals surface area contributed by atoms with E-state index in [9.17, 15) is 13.2 Å². The van der Waals surface area contributed by atoms with Crippen molar-refractivity contribution in [3.05, 3.63) is 70.2 Å². The minimum absolute atomic E-state index is 0.0534. The number of likely N-dealkylation sites (N-methyl/N-ethyl adjacent to an activating group) is 1. The number of amides is 1. The lowest BCUT2D eigenvalue weighted by molar-refractivity contribution is -0.124. The molecule has 4 nitrogen and oxygen atoms in total. The normalized spacial score (nSPS) is 11.2. The zero-order chi connectivity index (χ0) is 16.2. The highest BCUT2D eigenvalue weighted by Gasteiger charge is 2.23. The van der Waals surface area contributed by atoms with E-state index in [4.69, 9.17) is 0 Å². The molecule has 0 N–H and O–H groups in total. The molecule has 0 unspecified atom stereocenters. The van der Waals surface area contributed by atoms with E-state index in [1.54, 1.807) is 36.4 Å². The van der Waals surface area contributed by atoms with Crippen molar-refractivity contribution in [2.45, 2.75) is 12.2 Å². The number of hydrogen-bond donors (Lipinski definition) is 0. The summed E-state index contributed by atoms with van der Waals surface area (Å²) in [7, 11) is -2.36. The third kappa shape index (κ3) is 4.42. The molecule has 2 aromatic rings. The Morgan fingerprint density at radius 2 is 1.59 bits per heavy atom. The van der Waals surface area contributed by atoms with E-state index in [1.807, 2.05) is 18.2 Å². The van der Waals surface area contributed by atoms with Crippen molar-refractivity contribution < 1.29 is 13.2 Å². The summed E-state index contributed by atoms with van der Waals surface area (Å²) in [5.74, 6) is -0.630. The average molecular weight is 382 g/mol. The number of sulfonamides is 1. The van der Waals surface area contributed by atoms with Gasteiger partial charge in [-0.2, -0.15) is 0 Å². The number of carbonyl (C=O) groups is 1. The van der Waals surface area contributed by atoms with E-state index in [0.717, 1.165) is 14.3 Å². The van der Waals surface area contributed by atoms with Crippen molar-refractivity contribution in [2.75, 3.05) is 7.05 Å². The third-order valence-corrected chi connectivity index (χ3v) is 5.49. The van der Waals surface area contributed by atoms with Gasteiger partial charge in [0.2, 0.25) is 15.9 Å². The van der Waals surface area contributed by atoms with Gasteiger partial charge in [0.1, 0.15) is 0 Å². The molecule has 0 atom stereocenters. The number of halogens is 1. The number of rotatable bonds is 5. The second-order valence-corrected chi connectivity index (χ2v) is 7.82. The Kier molecular flexibility index (Phi) is 5.37. The molecule has 0 aromatic heterocycles. The maximum absolute atomic E-state index is 12.3. The lowest BCUT2D eigenvalue weighted by Gasteiger charge is -2.17. The van der Waals surface area contributed by atoms with Crippen LogP contribution in [0.15, 0.2) is 59.1 Å². The van der Waals surface area contributed by atoms with Crippen LogP contribution < -0.4 is 0 Å². The molecule has 0 spiro atoms. The molecule has 1 amide bonds. The Balaban J connectivity index is 2.07. The van der Waals surface area contributed by atoms with E-state index in [0.29, 0.717) is 5.56 Å². The van der Waals surface area contributed by atoms with Crippen LogP contribution in [0.2, 0.25) is 0 Å². The number of nitrogens with zero attached hydrogens (tertiary/aromatic N) is 1. The predicted octanol–water partition coefficient (Wildman–Crippen LogP) is 2.98. The largest absolute Gasteiger partial charge is 0.273 e. The van der Waals surface area contributed by atoms with Gasteiger partial charge in [0.05, 0.1) is 12.2 Å². The summed E-state index contributed by atoms with van der Waals surface area (Å²) < 4.78 is 26.3. The summed E-state index contributed by atoms with van der Waals surface area (Å²) in [6.07, 6.45) is 0.0534. The first-order valence-corrected chi connectivity index (χ1v) is 9.06. The molecule has 0 saturated heterocycles. The molecular formula is C16H16BrNO3S. The van der Waals surface area contributed by atoms with Crippen LogP contribution in [0.1, 0.15) is 11.1 Å². The molecule has 0 aliphatic carbocycles. The third-order valence-electron chi connectivity index (χ3n) is 3.23. The van der Waals surface area contributed by atoms with E-state index in [2.05, 4.69) is 15.9 Å². The van der Waals surface area contributed by atoms with Crippen LogP contribution in [0.4, 0.5) is 0 Å². The summed E-state index contributed by atoms with van der Waals surface area (Å²) in [5.41, 5.74) is 1.43. The standard InChI is InChI=1S/C16H16BrNO3S/c1-18(16(19)11-13-7-9-15(17)10-8-13)22(20,21)12-14-5-3-2-4-6-14/h2-10H,11-12H2,1H3. The fraction of sp³-hybridized carbons (Fsp3) is 0.188. The zero-order valence-corrected chi connectivity index (χ0v) is 14.5. The first-order valence-electron chi connectivity index (χ1n) is 6.66. The van der Waals surface area contributed by atoms with E-state index >= 15 is 0 Å². The molecule has 22 heavy (non-hydrogen) atoms. The molecule has 0 bridgehead atoms. The van der Waals surface area contributed by atoms with Crippen LogP contribution in [-0.4, -0.2) is 25.7 Å². The minimum Gasteiger partial charge on any atom is -0.273 e. The second-order valence-electron chi connectivity index (χ2n) is 4.91. The molecule has 0 saturated carbocycles. The summed E-state index contributed by atoms with van der Waals surface area (Å²) in [6.45, 7) is 0. The van der Waals surface area contributed by atoms with Gasteiger partial charge in [-0.1, -0.05) is 58.4 Å². The van der Waals surface area contributed by atoms with Crippen LogP contribution in [-0.2, 0) is 27.0 Å². The summed E-state index contributed by atoms with van der Waals surface area (Å²) in [6, 6.07) is 16.0. The molecule has 0 heterocycles. The Morgan fingerprint density at radius 3 is 2.18 bits per heavy atom. The highest BCUT2D eigenvalue weighted by atomic mass is 79.9. The maximum Gasteiger partial charge on any atom is 0.241 e. The monoisotopic (exact) mass is 381 g/mol.